The van der Waals surface area contributed by atoms with Gasteiger partial charge in [-0.1, -0.05) is 12.1 Å². The van der Waals surface area contributed by atoms with Gasteiger partial charge in [0.1, 0.15) is 5.75 Å². The van der Waals surface area contributed by atoms with Gasteiger partial charge in [0, 0.05) is 38.3 Å². The number of anilines is 1. The van der Waals surface area contributed by atoms with Crippen LogP contribution in [0.1, 0.15) is 12.0 Å². The molecule has 1 N–H and O–H groups in total. The van der Waals surface area contributed by atoms with Crippen LogP contribution in [-0.2, 0) is 30.8 Å². The first-order valence-corrected chi connectivity index (χ1v) is 12.7. The van der Waals surface area contributed by atoms with Crippen LogP contribution in [0.15, 0.2) is 53.4 Å². The van der Waals surface area contributed by atoms with Crippen molar-refractivity contribution in [2.24, 2.45) is 5.92 Å². The van der Waals surface area contributed by atoms with Crippen molar-refractivity contribution in [3.63, 3.8) is 0 Å². The van der Waals surface area contributed by atoms with E-state index in [1.807, 2.05) is 0 Å². The molecule has 4 rings (SSSR count). The van der Waals surface area contributed by atoms with Crippen molar-refractivity contribution in [3.8, 4) is 5.75 Å². The number of benzene rings is 2. The minimum absolute atomic E-state index is 0.0811. The second-order valence-corrected chi connectivity index (χ2v) is 10.2. The van der Waals surface area contributed by atoms with E-state index in [2.05, 4.69) is 5.32 Å². The predicted molar refractivity (Wildman–Crippen MR) is 126 cm³/mol. The number of sulfonamides is 1. The maximum Gasteiger partial charge on any atom is 0.243 e. The molecule has 0 radical (unpaired) electrons. The zero-order valence-electron chi connectivity index (χ0n) is 19.1. The quantitative estimate of drug-likeness (QED) is 0.604. The van der Waals surface area contributed by atoms with Crippen molar-refractivity contribution in [3.05, 3.63) is 54.1 Å². The van der Waals surface area contributed by atoms with Crippen molar-refractivity contribution in [2.75, 3.05) is 51.4 Å². The molecule has 2 aromatic rings. The van der Waals surface area contributed by atoms with Crippen molar-refractivity contribution in [1.29, 1.82) is 0 Å². The second-order valence-electron chi connectivity index (χ2n) is 8.30. The lowest BCUT2D eigenvalue weighted by Gasteiger charge is -2.26. The molecule has 2 aromatic carbocycles. The summed E-state index contributed by atoms with van der Waals surface area (Å²) in [7, 11) is -1.94. The Hall–Kier alpha value is -2.95. The van der Waals surface area contributed by atoms with Crippen LogP contribution in [0.4, 0.5) is 5.69 Å². The molecule has 2 aliphatic heterocycles. The largest absolute Gasteiger partial charge is 0.497 e. The third-order valence-electron chi connectivity index (χ3n) is 6.12. The highest BCUT2D eigenvalue weighted by Crippen LogP contribution is 2.27. The molecule has 10 heteroatoms. The Labute approximate surface area is 199 Å². The first-order valence-electron chi connectivity index (χ1n) is 11.3. The molecule has 2 amide bonds. The lowest BCUT2D eigenvalue weighted by atomic mass is 10.1. The SMILES string of the molecule is COc1ccc(N2CC(C(=O)NCCc3ccc(S(=O)(=O)N4CCOCC4)cc3)CC2=O)cc1. The van der Waals surface area contributed by atoms with Crippen LogP contribution in [0.3, 0.4) is 0 Å². The topological polar surface area (TPSA) is 105 Å². The number of hydrogen-bond acceptors (Lipinski definition) is 6. The van der Waals surface area contributed by atoms with Crippen molar-refractivity contribution < 1.29 is 27.5 Å². The number of ether oxygens (including phenoxy) is 2. The zero-order valence-corrected chi connectivity index (χ0v) is 19.9. The lowest BCUT2D eigenvalue weighted by molar-refractivity contribution is -0.126. The van der Waals surface area contributed by atoms with Crippen LogP contribution in [-0.4, -0.2) is 71.0 Å². The first kappa shape index (κ1) is 24.2. The van der Waals surface area contributed by atoms with Crippen molar-refractivity contribution in [1.82, 2.24) is 9.62 Å². The third-order valence-corrected chi connectivity index (χ3v) is 8.04. The van der Waals surface area contributed by atoms with E-state index in [0.717, 1.165) is 11.3 Å². The lowest BCUT2D eigenvalue weighted by Crippen LogP contribution is -2.40. The fourth-order valence-electron chi connectivity index (χ4n) is 4.13. The number of carbonyl (C=O) groups is 2. The Balaban J connectivity index is 1.27. The van der Waals surface area contributed by atoms with Gasteiger partial charge in [-0.2, -0.15) is 4.31 Å². The Morgan fingerprint density at radius 1 is 1.09 bits per heavy atom. The number of amides is 2. The molecule has 0 spiro atoms. The van der Waals surface area contributed by atoms with Crippen LogP contribution in [0.2, 0.25) is 0 Å². The summed E-state index contributed by atoms with van der Waals surface area (Å²) in [5.41, 5.74) is 1.66. The van der Waals surface area contributed by atoms with E-state index in [9.17, 15) is 18.0 Å². The van der Waals surface area contributed by atoms with Crippen LogP contribution < -0.4 is 15.0 Å². The van der Waals surface area contributed by atoms with Gasteiger partial charge in [-0.3, -0.25) is 9.59 Å². The van der Waals surface area contributed by atoms with E-state index >= 15 is 0 Å². The van der Waals surface area contributed by atoms with Gasteiger partial charge in [-0.25, -0.2) is 8.42 Å². The Morgan fingerprint density at radius 3 is 2.41 bits per heavy atom. The summed E-state index contributed by atoms with van der Waals surface area (Å²) >= 11 is 0. The molecule has 182 valence electrons. The smallest absolute Gasteiger partial charge is 0.243 e. The molecule has 2 heterocycles. The predicted octanol–water partition coefficient (Wildman–Crippen LogP) is 1.43. The van der Waals surface area contributed by atoms with Gasteiger partial charge in [0.15, 0.2) is 0 Å². The number of rotatable bonds is 8. The van der Waals surface area contributed by atoms with E-state index in [1.54, 1.807) is 60.5 Å². The molecule has 1 atom stereocenters. The summed E-state index contributed by atoms with van der Waals surface area (Å²) in [6, 6.07) is 13.9. The standard InChI is InChI=1S/C24H29N3O6S/c1-32-21-6-4-20(5-7-21)27-17-19(16-23(27)28)24(29)25-11-10-18-2-8-22(9-3-18)34(30,31)26-12-14-33-15-13-26/h2-9,19H,10-17H2,1H3,(H,25,29). The number of carbonyl (C=O) groups excluding carboxylic acids is 2. The van der Waals surface area contributed by atoms with Crippen LogP contribution in [0, 0.1) is 5.92 Å². The summed E-state index contributed by atoms with van der Waals surface area (Å²) < 4.78 is 37.2. The zero-order chi connectivity index (χ0) is 24.1. The third kappa shape index (κ3) is 5.40. The maximum atomic E-state index is 12.7. The summed E-state index contributed by atoms with van der Waals surface area (Å²) in [6.45, 7) is 2.26. The van der Waals surface area contributed by atoms with Gasteiger partial charge in [-0.05, 0) is 48.4 Å². The average molecular weight is 488 g/mol. The highest BCUT2D eigenvalue weighted by Gasteiger charge is 2.35. The van der Waals surface area contributed by atoms with Gasteiger partial charge < -0.3 is 19.7 Å². The van der Waals surface area contributed by atoms with E-state index < -0.39 is 15.9 Å². The summed E-state index contributed by atoms with van der Waals surface area (Å²) in [5, 5.41) is 2.90. The number of methoxy groups -OCH3 is 1. The monoisotopic (exact) mass is 487 g/mol. The van der Waals surface area contributed by atoms with Crippen molar-refractivity contribution in [2.45, 2.75) is 17.7 Å². The highest BCUT2D eigenvalue weighted by molar-refractivity contribution is 7.89. The Kier molecular flexibility index (Phi) is 7.50. The highest BCUT2D eigenvalue weighted by atomic mass is 32.2. The molecule has 9 nitrogen and oxygen atoms in total. The minimum atomic E-state index is -3.52. The summed E-state index contributed by atoms with van der Waals surface area (Å²) in [4.78, 5) is 26.9. The van der Waals surface area contributed by atoms with E-state index in [1.165, 1.54) is 4.31 Å². The fraction of sp³-hybridized carbons (Fsp3) is 0.417. The van der Waals surface area contributed by atoms with Gasteiger partial charge in [0.2, 0.25) is 21.8 Å². The van der Waals surface area contributed by atoms with Gasteiger partial charge >= 0.3 is 0 Å². The molecule has 0 saturated carbocycles. The number of morpholine rings is 1. The fourth-order valence-corrected chi connectivity index (χ4v) is 5.54. The Bertz CT molecular complexity index is 1110. The molecule has 1 unspecified atom stereocenters. The molecule has 0 bridgehead atoms. The number of nitrogens with one attached hydrogen (secondary N) is 1. The molecular formula is C24H29N3O6S. The van der Waals surface area contributed by atoms with E-state index in [4.69, 9.17) is 9.47 Å². The summed E-state index contributed by atoms with van der Waals surface area (Å²) in [6.07, 6.45) is 0.735. The Morgan fingerprint density at radius 2 is 1.76 bits per heavy atom. The van der Waals surface area contributed by atoms with Crippen LogP contribution >= 0.6 is 0 Å². The molecule has 2 saturated heterocycles. The normalized spacial score (nSPS) is 19.3. The molecule has 2 fully saturated rings. The maximum absolute atomic E-state index is 12.7. The molecule has 2 aliphatic rings. The van der Waals surface area contributed by atoms with Crippen LogP contribution in [0.5, 0.6) is 5.75 Å². The molecule has 0 aromatic heterocycles. The second kappa shape index (κ2) is 10.5. The number of hydrogen-bond donors (Lipinski definition) is 1. The molecular weight excluding hydrogens is 458 g/mol. The number of nitrogens with zero attached hydrogens (tertiary/aromatic N) is 2. The van der Waals surface area contributed by atoms with Gasteiger partial charge in [0.25, 0.3) is 0 Å². The average Bonchev–Trinajstić information content (AvgIpc) is 3.26. The van der Waals surface area contributed by atoms with E-state index in [0.29, 0.717) is 51.6 Å². The van der Waals surface area contributed by atoms with Gasteiger partial charge in [0.05, 0.1) is 31.1 Å². The summed E-state index contributed by atoms with van der Waals surface area (Å²) in [5.74, 6) is 0.0605. The van der Waals surface area contributed by atoms with Gasteiger partial charge in [-0.15, -0.1) is 0 Å². The molecule has 34 heavy (non-hydrogen) atoms. The molecule has 0 aliphatic carbocycles. The first-order chi connectivity index (χ1) is 16.4. The minimum Gasteiger partial charge on any atom is -0.497 e. The van der Waals surface area contributed by atoms with Crippen molar-refractivity contribution >= 4 is 27.5 Å². The van der Waals surface area contributed by atoms with Crippen LogP contribution in [0.25, 0.3) is 0 Å². The van der Waals surface area contributed by atoms with E-state index in [-0.39, 0.29) is 23.1 Å².